The van der Waals surface area contributed by atoms with Crippen LogP contribution in [0, 0.1) is 0 Å². The molecule has 1 aliphatic heterocycles. The minimum Gasteiger partial charge on any atom is -0.429 e. The molecule has 0 bridgehead atoms. The molecule has 3 rings (SSSR count). The molecule has 22 heavy (non-hydrogen) atoms. The molecule has 0 saturated carbocycles. The standard InChI is InChI=1S/C19H28O3/c1-18(15-11-7-3-4-8-12-15)19(2,22-18)17(20)21-16-13-9-5-6-10-14-16/h11,13H,3-10,12,14H2,1-2H3. The summed E-state index contributed by atoms with van der Waals surface area (Å²) in [5.41, 5.74) is 0.0232. The van der Waals surface area contributed by atoms with Crippen LogP contribution in [-0.2, 0) is 14.3 Å². The van der Waals surface area contributed by atoms with E-state index in [-0.39, 0.29) is 5.97 Å². The van der Waals surface area contributed by atoms with E-state index in [1.54, 1.807) is 0 Å². The van der Waals surface area contributed by atoms with Crippen LogP contribution in [0.25, 0.3) is 0 Å². The fraction of sp³-hybridized carbons (Fsp3) is 0.737. The van der Waals surface area contributed by atoms with Gasteiger partial charge in [-0.3, -0.25) is 0 Å². The van der Waals surface area contributed by atoms with Crippen LogP contribution in [0.2, 0.25) is 0 Å². The van der Waals surface area contributed by atoms with Gasteiger partial charge in [0, 0.05) is 6.42 Å². The van der Waals surface area contributed by atoms with E-state index >= 15 is 0 Å². The van der Waals surface area contributed by atoms with Gasteiger partial charge in [-0.05, 0) is 70.4 Å². The second kappa shape index (κ2) is 6.19. The van der Waals surface area contributed by atoms with Gasteiger partial charge in [-0.1, -0.05) is 18.9 Å². The summed E-state index contributed by atoms with van der Waals surface area (Å²) in [4.78, 5) is 12.6. The van der Waals surface area contributed by atoms with E-state index in [2.05, 4.69) is 12.2 Å². The molecule has 2 unspecified atom stereocenters. The van der Waals surface area contributed by atoms with Gasteiger partial charge < -0.3 is 9.47 Å². The van der Waals surface area contributed by atoms with Gasteiger partial charge in [0.05, 0.1) is 0 Å². The molecule has 1 heterocycles. The molecule has 3 aliphatic rings. The van der Waals surface area contributed by atoms with Crippen LogP contribution in [-0.4, -0.2) is 17.2 Å². The average molecular weight is 304 g/mol. The maximum Gasteiger partial charge on any atom is 0.346 e. The zero-order valence-electron chi connectivity index (χ0n) is 14.0. The molecule has 1 saturated heterocycles. The molecular weight excluding hydrogens is 276 g/mol. The smallest absolute Gasteiger partial charge is 0.346 e. The number of allylic oxidation sites excluding steroid dienone is 3. The van der Waals surface area contributed by atoms with Crippen LogP contribution in [0.5, 0.6) is 0 Å². The van der Waals surface area contributed by atoms with Crippen molar-refractivity contribution in [3.63, 3.8) is 0 Å². The Morgan fingerprint density at radius 2 is 1.68 bits per heavy atom. The van der Waals surface area contributed by atoms with Gasteiger partial charge in [-0.15, -0.1) is 0 Å². The first-order chi connectivity index (χ1) is 10.6. The van der Waals surface area contributed by atoms with E-state index in [0.717, 1.165) is 37.9 Å². The van der Waals surface area contributed by atoms with Crippen LogP contribution in [0.15, 0.2) is 23.5 Å². The molecule has 3 heteroatoms. The van der Waals surface area contributed by atoms with E-state index in [0.29, 0.717) is 0 Å². The molecule has 3 nitrogen and oxygen atoms in total. The molecule has 0 aromatic rings. The van der Waals surface area contributed by atoms with Crippen molar-refractivity contribution in [2.75, 3.05) is 0 Å². The fourth-order valence-corrected chi connectivity index (χ4v) is 3.73. The number of ether oxygens (including phenoxy) is 2. The van der Waals surface area contributed by atoms with E-state index in [1.165, 1.54) is 37.7 Å². The molecular formula is C19H28O3. The Labute approximate surface area is 133 Å². The number of carbonyl (C=O) groups is 1. The fourth-order valence-electron chi connectivity index (χ4n) is 3.73. The first kappa shape index (κ1) is 15.8. The summed E-state index contributed by atoms with van der Waals surface area (Å²) in [5.74, 6) is 0.629. The van der Waals surface area contributed by atoms with Gasteiger partial charge in [-0.25, -0.2) is 4.79 Å². The number of rotatable bonds is 3. The highest BCUT2D eigenvalue weighted by Crippen LogP contribution is 2.55. The zero-order chi connectivity index (χ0) is 15.6. The van der Waals surface area contributed by atoms with Crippen LogP contribution >= 0.6 is 0 Å². The van der Waals surface area contributed by atoms with Gasteiger partial charge in [0.2, 0.25) is 0 Å². The van der Waals surface area contributed by atoms with E-state index in [4.69, 9.17) is 9.47 Å². The normalized spacial score (nSPS) is 35.7. The Morgan fingerprint density at radius 1 is 1.00 bits per heavy atom. The molecule has 2 atom stereocenters. The average Bonchev–Trinajstić information content (AvgIpc) is 3.21. The van der Waals surface area contributed by atoms with Gasteiger partial charge in [0.25, 0.3) is 0 Å². The second-order valence-corrected chi connectivity index (χ2v) is 7.16. The minimum atomic E-state index is -0.809. The topological polar surface area (TPSA) is 38.8 Å². The largest absolute Gasteiger partial charge is 0.429 e. The van der Waals surface area contributed by atoms with Crippen molar-refractivity contribution in [2.45, 2.75) is 89.3 Å². The van der Waals surface area contributed by atoms with E-state index in [9.17, 15) is 4.79 Å². The maximum atomic E-state index is 12.6. The Balaban J connectivity index is 1.67. The van der Waals surface area contributed by atoms with Crippen LogP contribution in [0.4, 0.5) is 0 Å². The van der Waals surface area contributed by atoms with Crippen molar-refractivity contribution >= 4 is 5.97 Å². The van der Waals surface area contributed by atoms with Crippen LogP contribution < -0.4 is 0 Å². The summed E-state index contributed by atoms with van der Waals surface area (Å²) in [6.07, 6.45) is 15.6. The lowest BCUT2D eigenvalue weighted by molar-refractivity contribution is -0.145. The zero-order valence-corrected chi connectivity index (χ0v) is 14.0. The summed E-state index contributed by atoms with van der Waals surface area (Å²) in [5, 5.41) is 0. The van der Waals surface area contributed by atoms with Gasteiger partial charge in [0.1, 0.15) is 11.4 Å². The minimum absolute atomic E-state index is 0.215. The molecule has 0 amide bonds. The maximum absolute atomic E-state index is 12.6. The van der Waals surface area contributed by atoms with Gasteiger partial charge in [0.15, 0.2) is 5.60 Å². The van der Waals surface area contributed by atoms with Crippen molar-refractivity contribution in [3.8, 4) is 0 Å². The molecule has 0 radical (unpaired) electrons. The van der Waals surface area contributed by atoms with Gasteiger partial charge in [-0.2, -0.15) is 0 Å². The van der Waals surface area contributed by atoms with E-state index in [1.807, 2.05) is 13.8 Å². The summed E-state index contributed by atoms with van der Waals surface area (Å²) < 4.78 is 11.6. The SMILES string of the molecule is CC1(C(=O)OC2=CCCCCC2)OC1(C)C1=CCCCCC1. The summed E-state index contributed by atoms with van der Waals surface area (Å²) in [6.45, 7) is 3.94. The third-order valence-corrected chi connectivity index (χ3v) is 5.54. The predicted molar refractivity (Wildman–Crippen MR) is 86.3 cm³/mol. The summed E-state index contributed by atoms with van der Waals surface area (Å²) in [6, 6.07) is 0. The lowest BCUT2D eigenvalue weighted by Crippen LogP contribution is -2.32. The van der Waals surface area contributed by atoms with Crippen molar-refractivity contribution in [1.82, 2.24) is 0 Å². The highest BCUT2D eigenvalue weighted by molar-refractivity contribution is 5.86. The number of carbonyl (C=O) groups excluding carboxylic acids is 1. The monoisotopic (exact) mass is 304 g/mol. The molecule has 0 aromatic heterocycles. The van der Waals surface area contributed by atoms with Crippen LogP contribution in [0.3, 0.4) is 0 Å². The first-order valence-corrected chi connectivity index (χ1v) is 8.87. The Kier molecular flexibility index (Phi) is 4.44. The number of hydrogen-bond acceptors (Lipinski definition) is 3. The highest BCUT2D eigenvalue weighted by atomic mass is 16.7. The van der Waals surface area contributed by atoms with Gasteiger partial charge >= 0.3 is 5.97 Å². The van der Waals surface area contributed by atoms with Crippen molar-refractivity contribution in [2.24, 2.45) is 0 Å². The molecule has 1 fully saturated rings. The van der Waals surface area contributed by atoms with Crippen LogP contribution in [0.1, 0.15) is 78.1 Å². The predicted octanol–water partition coefficient (Wildman–Crippen LogP) is 4.82. The summed E-state index contributed by atoms with van der Waals surface area (Å²) in [7, 11) is 0. The first-order valence-electron chi connectivity index (χ1n) is 8.87. The van der Waals surface area contributed by atoms with Crippen molar-refractivity contribution < 1.29 is 14.3 Å². The molecule has 0 N–H and O–H groups in total. The molecule has 122 valence electrons. The Bertz CT molecular complexity index is 505. The molecule has 2 aliphatic carbocycles. The van der Waals surface area contributed by atoms with Crippen molar-refractivity contribution in [3.05, 3.63) is 23.5 Å². The number of epoxide rings is 1. The summed E-state index contributed by atoms with van der Waals surface area (Å²) >= 11 is 0. The van der Waals surface area contributed by atoms with Crippen molar-refractivity contribution in [1.29, 1.82) is 0 Å². The number of esters is 1. The number of hydrogen-bond donors (Lipinski definition) is 0. The highest BCUT2D eigenvalue weighted by Gasteiger charge is 2.71. The third-order valence-electron chi connectivity index (χ3n) is 5.54. The quantitative estimate of drug-likeness (QED) is 0.426. The molecule has 0 spiro atoms. The second-order valence-electron chi connectivity index (χ2n) is 7.16. The lowest BCUT2D eigenvalue weighted by Gasteiger charge is -2.16. The lowest BCUT2D eigenvalue weighted by atomic mass is 9.86. The van der Waals surface area contributed by atoms with E-state index < -0.39 is 11.2 Å². The Morgan fingerprint density at radius 3 is 2.45 bits per heavy atom. The third kappa shape index (κ3) is 2.88. The molecule has 0 aromatic carbocycles. The Hall–Kier alpha value is -1.09.